The van der Waals surface area contributed by atoms with Crippen molar-refractivity contribution < 1.29 is 4.79 Å². The third kappa shape index (κ3) is 5.16. The first-order valence-corrected chi connectivity index (χ1v) is 9.35. The van der Waals surface area contributed by atoms with Gasteiger partial charge in [0.1, 0.15) is 5.69 Å². The molecule has 1 heterocycles. The van der Waals surface area contributed by atoms with Gasteiger partial charge in [0.15, 0.2) is 0 Å². The Morgan fingerprint density at radius 2 is 1.79 bits per heavy atom. The van der Waals surface area contributed by atoms with E-state index in [9.17, 15) is 4.79 Å². The first-order valence-electron chi connectivity index (χ1n) is 9.35. The second kappa shape index (κ2) is 8.21. The molecule has 0 spiro atoms. The summed E-state index contributed by atoms with van der Waals surface area (Å²) < 4.78 is 0. The zero-order chi connectivity index (χ0) is 20.1. The lowest BCUT2D eigenvalue weighted by atomic mass is 9.87. The molecule has 0 radical (unpaired) electrons. The highest BCUT2D eigenvalue weighted by Gasteiger charge is 2.13. The normalized spacial score (nSPS) is 11.1. The summed E-state index contributed by atoms with van der Waals surface area (Å²) in [4.78, 5) is 21.0. The number of rotatable bonds is 5. The van der Waals surface area contributed by atoms with E-state index in [1.165, 1.54) is 5.56 Å². The molecule has 0 atom stereocenters. The van der Waals surface area contributed by atoms with Crippen LogP contribution >= 0.6 is 0 Å². The van der Waals surface area contributed by atoms with E-state index in [0.29, 0.717) is 18.2 Å². The quantitative estimate of drug-likeness (QED) is 0.676. The Morgan fingerprint density at radius 3 is 2.46 bits per heavy atom. The van der Waals surface area contributed by atoms with E-state index < -0.39 is 0 Å². The molecule has 0 bridgehead atoms. The van der Waals surface area contributed by atoms with Crippen LogP contribution in [0, 0.1) is 6.92 Å². The standard InChI is InChI=1S/C23H26N4O/c1-16-6-5-7-17(14-16)15-25-21(28)20-12-13-24-22(27-20)26-19-10-8-18(9-11-19)23(2,3)4/h5-14H,15H2,1-4H3,(H,25,28)(H,24,26,27). The molecule has 1 aromatic heterocycles. The molecule has 3 aromatic rings. The molecule has 0 aliphatic heterocycles. The molecule has 5 heteroatoms. The largest absolute Gasteiger partial charge is 0.347 e. The van der Waals surface area contributed by atoms with Crippen molar-refractivity contribution in [1.29, 1.82) is 0 Å². The van der Waals surface area contributed by atoms with Crippen LogP contribution in [0.5, 0.6) is 0 Å². The zero-order valence-electron chi connectivity index (χ0n) is 16.8. The Labute approximate surface area is 166 Å². The third-order valence-electron chi connectivity index (χ3n) is 4.43. The van der Waals surface area contributed by atoms with Crippen molar-refractivity contribution in [2.45, 2.75) is 39.7 Å². The average molecular weight is 374 g/mol. The third-order valence-corrected chi connectivity index (χ3v) is 4.43. The molecule has 5 nitrogen and oxygen atoms in total. The van der Waals surface area contributed by atoms with Crippen LogP contribution in [0.25, 0.3) is 0 Å². The summed E-state index contributed by atoms with van der Waals surface area (Å²) in [5.41, 5.74) is 4.78. The highest BCUT2D eigenvalue weighted by atomic mass is 16.1. The molecular weight excluding hydrogens is 348 g/mol. The Balaban J connectivity index is 1.65. The maximum Gasteiger partial charge on any atom is 0.270 e. The summed E-state index contributed by atoms with van der Waals surface area (Å²) in [6, 6.07) is 17.8. The Bertz CT molecular complexity index is 959. The predicted molar refractivity (Wildman–Crippen MR) is 113 cm³/mol. The second-order valence-electron chi connectivity index (χ2n) is 7.89. The number of amides is 1. The van der Waals surface area contributed by atoms with Crippen LogP contribution in [0.2, 0.25) is 0 Å². The number of anilines is 2. The summed E-state index contributed by atoms with van der Waals surface area (Å²) in [7, 11) is 0. The molecule has 0 saturated heterocycles. The monoisotopic (exact) mass is 374 g/mol. The molecular formula is C23H26N4O. The number of benzene rings is 2. The fourth-order valence-electron chi connectivity index (χ4n) is 2.82. The lowest BCUT2D eigenvalue weighted by molar-refractivity contribution is 0.0946. The van der Waals surface area contributed by atoms with E-state index in [-0.39, 0.29) is 11.3 Å². The number of nitrogens with one attached hydrogen (secondary N) is 2. The van der Waals surface area contributed by atoms with Gasteiger partial charge in [0, 0.05) is 18.4 Å². The minimum absolute atomic E-state index is 0.102. The predicted octanol–water partition coefficient (Wildman–Crippen LogP) is 4.76. The van der Waals surface area contributed by atoms with Gasteiger partial charge in [-0.1, -0.05) is 62.7 Å². The molecule has 3 rings (SSSR count). The van der Waals surface area contributed by atoms with E-state index in [2.05, 4.69) is 59.6 Å². The van der Waals surface area contributed by atoms with Gasteiger partial charge in [0.25, 0.3) is 5.91 Å². The van der Waals surface area contributed by atoms with Crippen LogP contribution in [0.4, 0.5) is 11.6 Å². The molecule has 144 valence electrons. The number of carbonyl (C=O) groups is 1. The van der Waals surface area contributed by atoms with Crippen molar-refractivity contribution in [3.63, 3.8) is 0 Å². The van der Waals surface area contributed by atoms with Crippen LogP contribution in [0.3, 0.4) is 0 Å². The van der Waals surface area contributed by atoms with Crippen LogP contribution < -0.4 is 10.6 Å². The van der Waals surface area contributed by atoms with Crippen LogP contribution in [0.15, 0.2) is 60.8 Å². The van der Waals surface area contributed by atoms with Gasteiger partial charge in [-0.3, -0.25) is 4.79 Å². The minimum atomic E-state index is -0.227. The van der Waals surface area contributed by atoms with E-state index >= 15 is 0 Å². The van der Waals surface area contributed by atoms with Crippen molar-refractivity contribution in [2.75, 3.05) is 5.32 Å². The smallest absolute Gasteiger partial charge is 0.270 e. The second-order valence-corrected chi connectivity index (χ2v) is 7.89. The summed E-state index contributed by atoms with van der Waals surface area (Å²) in [5, 5.41) is 6.06. The highest BCUT2D eigenvalue weighted by molar-refractivity contribution is 5.92. The fraction of sp³-hybridized carbons (Fsp3) is 0.261. The molecule has 28 heavy (non-hydrogen) atoms. The summed E-state index contributed by atoms with van der Waals surface area (Å²) in [5.74, 6) is 0.168. The zero-order valence-corrected chi connectivity index (χ0v) is 16.8. The van der Waals surface area contributed by atoms with Gasteiger partial charge < -0.3 is 10.6 Å². The van der Waals surface area contributed by atoms with Gasteiger partial charge in [0.05, 0.1) is 0 Å². The topological polar surface area (TPSA) is 66.9 Å². The number of nitrogens with zero attached hydrogens (tertiary/aromatic N) is 2. The van der Waals surface area contributed by atoms with E-state index in [1.54, 1.807) is 12.3 Å². The van der Waals surface area contributed by atoms with Crippen molar-refractivity contribution in [3.05, 3.63) is 83.2 Å². The van der Waals surface area contributed by atoms with Crippen molar-refractivity contribution in [1.82, 2.24) is 15.3 Å². The maximum absolute atomic E-state index is 12.4. The Morgan fingerprint density at radius 1 is 1.04 bits per heavy atom. The molecule has 0 saturated carbocycles. The van der Waals surface area contributed by atoms with Crippen molar-refractivity contribution in [2.24, 2.45) is 0 Å². The number of aromatic nitrogens is 2. The van der Waals surface area contributed by atoms with E-state index in [1.807, 2.05) is 37.3 Å². The van der Waals surface area contributed by atoms with Gasteiger partial charge in [0.2, 0.25) is 5.95 Å². The van der Waals surface area contributed by atoms with Crippen LogP contribution in [-0.4, -0.2) is 15.9 Å². The molecule has 2 N–H and O–H groups in total. The minimum Gasteiger partial charge on any atom is -0.347 e. The molecule has 0 unspecified atom stereocenters. The van der Waals surface area contributed by atoms with Gasteiger partial charge in [-0.2, -0.15) is 0 Å². The van der Waals surface area contributed by atoms with Crippen molar-refractivity contribution >= 4 is 17.5 Å². The lowest BCUT2D eigenvalue weighted by Gasteiger charge is -2.19. The lowest BCUT2D eigenvalue weighted by Crippen LogP contribution is -2.24. The SMILES string of the molecule is Cc1cccc(CNC(=O)c2ccnc(Nc3ccc(C(C)(C)C)cc3)n2)c1. The molecule has 2 aromatic carbocycles. The first kappa shape index (κ1) is 19.5. The highest BCUT2D eigenvalue weighted by Crippen LogP contribution is 2.24. The van der Waals surface area contributed by atoms with Gasteiger partial charge in [-0.15, -0.1) is 0 Å². The number of hydrogen-bond acceptors (Lipinski definition) is 4. The molecule has 1 amide bonds. The van der Waals surface area contributed by atoms with E-state index in [4.69, 9.17) is 0 Å². The first-order chi connectivity index (χ1) is 13.3. The number of hydrogen-bond donors (Lipinski definition) is 2. The van der Waals surface area contributed by atoms with Crippen LogP contribution in [0.1, 0.15) is 48.0 Å². The summed E-state index contributed by atoms with van der Waals surface area (Å²) >= 11 is 0. The summed E-state index contributed by atoms with van der Waals surface area (Å²) in [6.07, 6.45) is 1.58. The Kier molecular flexibility index (Phi) is 5.73. The van der Waals surface area contributed by atoms with Gasteiger partial charge in [-0.25, -0.2) is 9.97 Å². The van der Waals surface area contributed by atoms with Gasteiger partial charge >= 0.3 is 0 Å². The van der Waals surface area contributed by atoms with Crippen molar-refractivity contribution in [3.8, 4) is 0 Å². The Hall–Kier alpha value is -3.21. The molecule has 0 aliphatic carbocycles. The van der Waals surface area contributed by atoms with E-state index in [0.717, 1.165) is 16.8 Å². The average Bonchev–Trinajstić information content (AvgIpc) is 2.66. The van der Waals surface area contributed by atoms with Gasteiger partial charge in [-0.05, 0) is 41.7 Å². The summed E-state index contributed by atoms with van der Waals surface area (Å²) in [6.45, 7) is 9.02. The fourth-order valence-corrected chi connectivity index (χ4v) is 2.82. The van der Waals surface area contributed by atoms with Crippen LogP contribution in [-0.2, 0) is 12.0 Å². The molecule has 0 aliphatic rings. The molecule has 0 fully saturated rings. The number of carbonyl (C=O) groups excluding carboxylic acids is 1. The number of aryl methyl sites for hydroxylation is 1. The maximum atomic E-state index is 12.4.